The van der Waals surface area contributed by atoms with E-state index in [9.17, 15) is 4.79 Å². The van der Waals surface area contributed by atoms with E-state index in [1.807, 2.05) is 71.5 Å². The highest BCUT2D eigenvalue weighted by molar-refractivity contribution is 7.99. The first-order chi connectivity index (χ1) is 15.1. The molecule has 4 aromatic rings. The summed E-state index contributed by atoms with van der Waals surface area (Å²) < 4.78 is 2.01. The molecule has 5 nitrogen and oxygen atoms in total. The van der Waals surface area contributed by atoms with Gasteiger partial charge in [0.1, 0.15) is 0 Å². The average Bonchev–Trinajstić information content (AvgIpc) is 3.44. The van der Waals surface area contributed by atoms with Gasteiger partial charge in [-0.2, -0.15) is 0 Å². The van der Waals surface area contributed by atoms with Crippen molar-refractivity contribution in [3.8, 4) is 11.4 Å². The molecule has 0 aliphatic rings. The standard InChI is InChI=1S/C23H21ClN4OS2/c1-16(20-12-7-13-30-20)25-21(29)15-31-23-27-26-22(18-10-5-6-11-19(18)24)28(23)14-17-8-3-2-4-9-17/h2-13,16H,14-15H2,1H3,(H,25,29). The van der Waals surface area contributed by atoms with E-state index in [-0.39, 0.29) is 17.7 Å². The van der Waals surface area contributed by atoms with Crippen LogP contribution >= 0.6 is 34.7 Å². The van der Waals surface area contributed by atoms with Crippen LogP contribution in [0.2, 0.25) is 5.02 Å². The zero-order valence-electron chi connectivity index (χ0n) is 16.9. The summed E-state index contributed by atoms with van der Waals surface area (Å²) in [5.74, 6) is 0.897. The number of amides is 1. The van der Waals surface area contributed by atoms with Gasteiger partial charge in [0, 0.05) is 10.4 Å². The third-order valence-corrected chi connectivity index (χ3v) is 7.05. The molecule has 2 aromatic heterocycles. The van der Waals surface area contributed by atoms with Gasteiger partial charge in [-0.15, -0.1) is 21.5 Å². The van der Waals surface area contributed by atoms with Crippen molar-refractivity contribution in [3.05, 3.63) is 87.6 Å². The number of benzene rings is 2. The second-order valence-electron chi connectivity index (χ2n) is 6.95. The Bertz CT molecular complexity index is 1150. The molecule has 2 aromatic carbocycles. The molecule has 4 rings (SSSR count). The fraction of sp³-hybridized carbons (Fsp3) is 0.174. The van der Waals surface area contributed by atoms with Crippen LogP contribution in [0, 0.1) is 0 Å². The van der Waals surface area contributed by atoms with Crippen molar-refractivity contribution >= 4 is 40.6 Å². The third-order valence-electron chi connectivity index (χ3n) is 4.69. The SMILES string of the molecule is CC(NC(=O)CSc1nnc(-c2ccccc2Cl)n1Cc1ccccc1)c1cccs1. The van der Waals surface area contributed by atoms with Gasteiger partial charge in [-0.25, -0.2) is 0 Å². The van der Waals surface area contributed by atoms with Crippen LogP contribution < -0.4 is 5.32 Å². The number of thioether (sulfide) groups is 1. The predicted octanol–water partition coefficient (Wildman–Crippen LogP) is 5.68. The second-order valence-corrected chi connectivity index (χ2v) is 9.28. The average molecular weight is 469 g/mol. The molecule has 0 saturated heterocycles. The van der Waals surface area contributed by atoms with E-state index in [1.165, 1.54) is 11.8 Å². The summed E-state index contributed by atoms with van der Waals surface area (Å²) in [5.41, 5.74) is 1.93. The van der Waals surface area contributed by atoms with Crippen LogP contribution in [0.25, 0.3) is 11.4 Å². The number of rotatable bonds is 8. The van der Waals surface area contributed by atoms with Gasteiger partial charge in [-0.05, 0) is 36.1 Å². The highest BCUT2D eigenvalue weighted by atomic mass is 35.5. The summed E-state index contributed by atoms with van der Waals surface area (Å²) in [6, 6.07) is 21.7. The van der Waals surface area contributed by atoms with Crippen molar-refractivity contribution in [2.24, 2.45) is 0 Å². The molecule has 0 aliphatic carbocycles. The maximum atomic E-state index is 12.5. The van der Waals surface area contributed by atoms with Crippen LogP contribution in [0.15, 0.2) is 77.3 Å². The van der Waals surface area contributed by atoms with E-state index in [0.29, 0.717) is 22.5 Å². The van der Waals surface area contributed by atoms with Crippen LogP contribution in [0.4, 0.5) is 0 Å². The number of nitrogens with one attached hydrogen (secondary N) is 1. The molecule has 0 radical (unpaired) electrons. The normalized spacial score (nSPS) is 11.9. The Morgan fingerprint density at radius 1 is 1.10 bits per heavy atom. The summed E-state index contributed by atoms with van der Waals surface area (Å²) in [4.78, 5) is 13.6. The molecule has 0 aliphatic heterocycles. The number of hydrogen-bond donors (Lipinski definition) is 1. The van der Waals surface area contributed by atoms with Crippen LogP contribution in [0.5, 0.6) is 0 Å². The van der Waals surface area contributed by atoms with Gasteiger partial charge in [0.25, 0.3) is 0 Å². The largest absolute Gasteiger partial charge is 0.348 e. The summed E-state index contributed by atoms with van der Waals surface area (Å²) in [6.45, 7) is 2.58. The topological polar surface area (TPSA) is 59.8 Å². The van der Waals surface area contributed by atoms with E-state index >= 15 is 0 Å². The van der Waals surface area contributed by atoms with Crippen molar-refractivity contribution in [1.29, 1.82) is 0 Å². The Morgan fingerprint density at radius 3 is 2.61 bits per heavy atom. The molecule has 1 N–H and O–H groups in total. The first-order valence-electron chi connectivity index (χ1n) is 9.79. The second kappa shape index (κ2) is 10.1. The van der Waals surface area contributed by atoms with E-state index in [0.717, 1.165) is 16.0 Å². The Kier molecular flexibility index (Phi) is 7.06. The molecule has 1 unspecified atom stereocenters. The number of aromatic nitrogens is 3. The molecular formula is C23H21ClN4OS2. The van der Waals surface area contributed by atoms with Crippen molar-refractivity contribution in [2.75, 3.05) is 5.75 Å². The number of thiophene rings is 1. The Hall–Kier alpha value is -2.61. The third kappa shape index (κ3) is 5.36. The molecule has 0 saturated carbocycles. The van der Waals surface area contributed by atoms with Gasteiger partial charge in [0.15, 0.2) is 11.0 Å². The van der Waals surface area contributed by atoms with Gasteiger partial charge in [-0.1, -0.05) is 71.9 Å². The lowest BCUT2D eigenvalue weighted by Gasteiger charge is -2.13. The lowest BCUT2D eigenvalue weighted by Crippen LogP contribution is -2.27. The number of halogens is 1. The van der Waals surface area contributed by atoms with E-state index in [1.54, 1.807) is 11.3 Å². The van der Waals surface area contributed by atoms with Crippen LogP contribution in [0.1, 0.15) is 23.4 Å². The lowest BCUT2D eigenvalue weighted by molar-refractivity contribution is -0.119. The summed E-state index contributed by atoms with van der Waals surface area (Å²) >= 11 is 9.43. The quantitative estimate of drug-likeness (QED) is 0.338. The first kappa shape index (κ1) is 21.6. The molecular weight excluding hydrogens is 448 g/mol. The maximum Gasteiger partial charge on any atom is 0.230 e. The van der Waals surface area contributed by atoms with Gasteiger partial charge >= 0.3 is 0 Å². The van der Waals surface area contributed by atoms with Gasteiger partial charge in [0.2, 0.25) is 5.91 Å². The van der Waals surface area contributed by atoms with Crippen LogP contribution in [-0.4, -0.2) is 26.4 Å². The zero-order chi connectivity index (χ0) is 21.6. The van der Waals surface area contributed by atoms with Crippen molar-refractivity contribution in [3.63, 3.8) is 0 Å². The molecule has 158 valence electrons. The molecule has 1 atom stereocenters. The number of nitrogens with zero attached hydrogens (tertiary/aromatic N) is 3. The zero-order valence-corrected chi connectivity index (χ0v) is 19.3. The van der Waals surface area contributed by atoms with Gasteiger partial charge < -0.3 is 5.32 Å². The summed E-state index contributed by atoms with van der Waals surface area (Å²) in [6.07, 6.45) is 0. The fourth-order valence-corrected chi connectivity index (χ4v) is 4.87. The maximum absolute atomic E-state index is 12.5. The minimum absolute atomic E-state index is 0.0195. The van der Waals surface area contributed by atoms with Crippen LogP contribution in [0.3, 0.4) is 0 Å². The number of carbonyl (C=O) groups is 1. The summed E-state index contributed by atoms with van der Waals surface area (Å²) in [5, 5.41) is 15.1. The molecule has 0 spiro atoms. The minimum atomic E-state index is -0.0422. The number of carbonyl (C=O) groups excluding carboxylic acids is 1. The van der Waals surface area contributed by atoms with Crippen molar-refractivity contribution in [2.45, 2.75) is 24.7 Å². The Balaban J connectivity index is 1.54. The Morgan fingerprint density at radius 2 is 1.87 bits per heavy atom. The van der Waals surface area contributed by atoms with E-state index in [4.69, 9.17) is 11.6 Å². The van der Waals surface area contributed by atoms with Gasteiger partial charge in [0.05, 0.1) is 23.4 Å². The Labute approximate surface area is 194 Å². The fourth-order valence-electron chi connectivity index (χ4n) is 3.17. The van der Waals surface area contributed by atoms with Crippen molar-refractivity contribution in [1.82, 2.24) is 20.1 Å². The minimum Gasteiger partial charge on any atom is -0.348 e. The highest BCUT2D eigenvalue weighted by Crippen LogP contribution is 2.30. The smallest absolute Gasteiger partial charge is 0.230 e. The molecule has 0 bridgehead atoms. The number of hydrogen-bond acceptors (Lipinski definition) is 5. The monoisotopic (exact) mass is 468 g/mol. The van der Waals surface area contributed by atoms with Crippen molar-refractivity contribution < 1.29 is 4.79 Å². The lowest BCUT2D eigenvalue weighted by atomic mass is 10.2. The first-order valence-corrected chi connectivity index (χ1v) is 12.0. The van der Waals surface area contributed by atoms with E-state index < -0.39 is 0 Å². The molecule has 2 heterocycles. The predicted molar refractivity (Wildman–Crippen MR) is 128 cm³/mol. The molecule has 0 fully saturated rings. The summed E-state index contributed by atoms with van der Waals surface area (Å²) in [7, 11) is 0. The van der Waals surface area contributed by atoms with Gasteiger partial charge in [-0.3, -0.25) is 9.36 Å². The highest BCUT2D eigenvalue weighted by Gasteiger charge is 2.18. The molecule has 1 amide bonds. The molecule has 8 heteroatoms. The van der Waals surface area contributed by atoms with Crippen LogP contribution in [-0.2, 0) is 11.3 Å². The molecule has 31 heavy (non-hydrogen) atoms. The van der Waals surface area contributed by atoms with E-state index in [2.05, 4.69) is 27.6 Å².